The second kappa shape index (κ2) is 9.34. The predicted octanol–water partition coefficient (Wildman–Crippen LogP) is 5.43. The Hall–Kier alpha value is -3.80. The summed E-state index contributed by atoms with van der Waals surface area (Å²) in [5.74, 6) is 1.85. The molecule has 0 amide bonds. The number of ether oxygens (including phenoxy) is 2. The summed E-state index contributed by atoms with van der Waals surface area (Å²) in [5, 5.41) is 3.34. The van der Waals surface area contributed by atoms with Crippen LogP contribution in [0.15, 0.2) is 79.0 Å². The lowest BCUT2D eigenvalue weighted by Crippen LogP contribution is -2.06. The molecule has 0 aliphatic carbocycles. The fraction of sp³-hybridized carbons (Fsp3) is 0.160. The van der Waals surface area contributed by atoms with Gasteiger partial charge in [0.1, 0.15) is 12.4 Å². The highest BCUT2D eigenvalue weighted by Crippen LogP contribution is 2.29. The number of hydrogen-bond donors (Lipinski definition) is 1. The maximum absolute atomic E-state index is 13.2. The number of benzene rings is 3. The Balaban J connectivity index is 1.42. The zero-order valence-corrected chi connectivity index (χ0v) is 17.5. The molecule has 0 spiro atoms. The first-order valence-electron chi connectivity index (χ1n) is 9.99. The molecule has 0 saturated carbocycles. The van der Waals surface area contributed by atoms with Gasteiger partial charge in [0.2, 0.25) is 5.95 Å². The first kappa shape index (κ1) is 20.5. The average molecular weight is 417 g/mol. The third-order valence-corrected chi connectivity index (χ3v) is 5.04. The first-order valence-corrected chi connectivity index (χ1v) is 9.99. The van der Waals surface area contributed by atoms with Gasteiger partial charge < -0.3 is 19.4 Å². The number of methoxy groups -OCH3 is 1. The number of imidazole rings is 1. The highest BCUT2D eigenvalue weighted by Gasteiger charge is 2.10. The van der Waals surface area contributed by atoms with Crippen molar-refractivity contribution in [3.05, 3.63) is 95.9 Å². The van der Waals surface area contributed by atoms with E-state index in [0.29, 0.717) is 24.7 Å². The first-order chi connectivity index (χ1) is 15.1. The van der Waals surface area contributed by atoms with Gasteiger partial charge in [0, 0.05) is 19.2 Å². The minimum Gasteiger partial charge on any atom is -0.493 e. The van der Waals surface area contributed by atoms with E-state index in [9.17, 15) is 4.39 Å². The molecule has 0 radical (unpaired) electrons. The molecular weight excluding hydrogens is 393 g/mol. The summed E-state index contributed by atoms with van der Waals surface area (Å²) in [4.78, 5) is 4.45. The maximum atomic E-state index is 13.2. The largest absolute Gasteiger partial charge is 0.493 e. The van der Waals surface area contributed by atoms with E-state index >= 15 is 0 Å². The van der Waals surface area contributed by atoms with Crippen molar-refractivity contribution < 1.29 is 13.9 Å². The van der Waals surface area contributed by atoms with E-state index in [-0.39, 0.29) is 5.82 Å². The normalized spacial score (nSPS) is 10.7. The van der Waals surface area contributed by atoms with Crippen molar-refractivity contribution in [3.63, 3.8) is 0 Å². The van der Waals surface area contributed by atoms with E-state index in [1.54, 1.807) is 25.4 Å². The van der Waals surface area contributed by atoms with Crippen LogP contribution < -0.4 is 14.8 Å². The van der Waals surface area contributed by atoms with Gasteiger partial charge in [-0.05, 0) is 47.5 Å². The summed E-state index contributed by atoms with van der Waals surface area (Å²) < 4.78 is 26.6. The van der Waals surface area contributed by atoms with Crippen LogP contribution in [0.2, 0.25) is 0 Å². The van der Waals surface area contributed by atoms with Gasteiger partial charge in [-0.15, -0.1) is 0 Å². The number of hydrogen-bond acceptors (Lipinski definition) is 4. The summed E-state index contributed by atoms with van der Waals surface area (Å²) in [6, 6.07) is 22.3. The standard InChI is InChI=1S/C25H24FN3O2/c1-29-22(20-9-11-21(26)12-10-20)16-28-25(29)27-15-19-8-13-23(24(14-19)30-2)31-17-18-6-4-3-5-7-18/h3-14,16H,15,17H2,1-2H3,(H,27,28). The van der Waals surface area contributed by atoms with E-state index in [4.69, 9.17) is 9.47 Å². The Bertz CT molecular complexity index is 1140. The number of nitrogens with one attached hydrogen (secondary N) is 1. The highest BCUT2D eigenvalue weighted by atomic mass is 19.1. The Labute approximate surface area is 181 Å². The number of rotatable bonds is 8. The molecule has 1 aromatic heterocycles. The minimum atomic E-state index is -0.255. The van der Waals surface area contributed by atoms with Crippen molar-refractivity contribution in [2.45, 2.75) is 13.2 Å². The van der Waals surface area contributed by atoms with Crippen LogP contribution in [0.25, 0.3) is 11.3 Å². The molecule has 4 aromatic rings. The maximum Gasteiger partial charge on any atom is 0.203 e. The third kappa shape index (κ3) is 4.86. The predicted molar refractivity (Wildman–Crippen MR) is 120 cm³/mol. The van der Waals surface area contributed by atoms with Crippen LogP contribution in [0.4, 0.5) is 10.3 Å². The van der Waals surface area contributed by atoms with Gasteiger partial charge in [0.25, 0.3) is 0 Å². The lowest BCUT2D eigenvalue weighted by molar-refractivity contribution is 0.284. The van der Waals surface area contributed by atoms with Gasteiger partial charge in [-0.25, -0.2) is 9.37 Å². The molecule has 0 atom stereocenters. The van der Waals surface area contributed by atoms with Crippen molar-refractivity contribution in [2.24, 2.45) is 7.05 Å². The molecule has 6 heteroatoms. The lowest BCUT2D eigenvalue weighted by Gasteiger charge is -2.13. The van der Waals surface area contributed by atoms with Crippen LogP contribution >= 0.6 is 0 Å². The van der Waals surface area contributed by atoms with E-state index in [2.05, 4.69) is 10.3 Å². The SMILES string of the molecule is COc1cc(CNc2ncc(-c3ccc(F)cc3)n2C)ccc1OCc1ccccc1. The molecule has 4 rings (SSSR count). The van der Waals surface area contributed by atoms with Crippen molar-refractivity contribution in [2.75, 3.05) is 12.4 Å². The number of anilines is 1. The molecule has 0 fully saturated rings. The molecule has 1 N–H and O–H groups in total. The van der Waals surface area contributed by atoms with Crippen LogP contribution in [-0.4, -0.2) is 16.7 Å². The van der Waals surface area contributed by atoms with Gasteiger partial charge in [-0.1, -0.05) is 36.4 Å². The molecule has 0 unspecified atom stereocenters. The minimum absolute atomic E-state index is 0.255. The van der Waals surface area contributed by atoms with Crippen LogP contribution in [0.3, 0.4) is 0 Å². The van der Waals surface area contributed by atoms with Crippen molar-refractivity contribution in [1.82, 2.24) is 9.55 Å². The molecule has 1 heterocycles. The second-order valence-corrected chi connectivity index (χ2v) is 7.15. The molecule has 5 nitrogen and oxygen atoms in total. The molecule has 3 aromatic carbocycles. The van der Waals surface area contributed by atoms with Crippen LogP contribution in [0, 0.1) is 5.82 Å². The average Bonchev–Trinajstić information content (AvgIpc) is 3.18. The molecule has 0 aliphatic heterocycles. The van der Waals surface area contributed by atoms with Crippen molar-refractivity contribution >= 4 is 5.95 Å². The van der Waals surface area contributed by atoms with Crippen molar-refractivity contribution in [1.29, 1.82) is 0 Å². The summed E-state index contributed by atoms with van der Waals surface area (Å²) in [7, 11) is 3.56. The zero-order chi connectivity index (χ0) is 21.6. The molecule has 0 bridgehead atoms. The summed E-state index contributed by atoms with van der Waals surface area (Å²) in [6.45, 7) is 1.05. The van der Waals surface area contributed by atoms with E-state index in [0.717, 1.165) is 28.3 Å². The van der Waals surface area contributed by atoms with Crippen molar-refractivity contribution in [3.8, 4) is 22.8 Å². The molecular formula is C25H24FN3O2. The zero-order valence-electron chi connectivity index (χ0n) is 17.5. The monoisotopic (exact) mass is 417 g/mol. The van der Waals surface area contributed by atoms with Gasteiger partial charge in [0.05, 0.1) is 19.0 Å². The Kier molecular flexibility index (Phi) is 6.17. The summed E-state index contributed by atoms with van der Waals surface area (Å²) >= 11 is 0. The van der Waals surface area contributed by atoms with E-state index in [1.807, 2.05) is 60.1 Å². The number of halogens is 1. The van der Waals surface area contributed by atoms with Crippen LogP contribution in [-0.2, 0) is 20.2 Å². The summed E-state index contributed by atoms with van der Waals surface area (Å²) in [5.41, 5.74) is 3.95. The Morgan fingerprint density at radius 3 is 2.45 bits per heavy atom. The number of aromatic nitrogens is 2. The number of nitrogens with zero attached hydrogens (tertiary/aromatic N) is 2. The fourth-order valence-corrected chi connectivity index (χ4v) is 3.32. The topological polar surface area (TPSA) is 48.3 Å². The fourth-order valence-electron chi connectivity index (χ4n) is 3.32. The van der Waals surface area contributed by atoms with E-state index < -0.39 is 0 Å². The smallest absolute Gasteiger partial charge is 0.203 e. The Morgan fingerprint density at radius 1 is 0.935 bits per heavy atom. The lowest BCUT2D eigenvalue weighted by atomic mass is 10.2. The highest BCUT2D eigenvalue weighted by molar-refractivity contribution is 5.61. The molecule has 0 saturated heterocycles. The summed E-state index contributed by atoms with van der Waals surface area (Å²) in [6.07, 6.45) is 1.77. The van der Waals surface area contributed by atoms with E-state index in [1.165, 1.54) is 12.1 Å². The van der Waals surface area contributed by atoms with Crippen LogP contribution in [0.5, 0.6) is 11.5 Å². The van der Waals surface area contributed by atoms with Crippen LogP contribution in [0.1, 0.15) is 11.1 Å². The van der Waals surface area contributed by atoms with Gasteiger partial charge in [-0.3, -0.25) is 0 Å². The van der Waals surface area contributed by atoms with Gasteiger partial charge in [0.15, 0.2) is 11.5 Å². The Morgan fingerprint density at radius 2 is 1.71 bits per heavy atom. The quantitative estimate of drug-likeness (QED) is 0.416. The second-order valence-electron chi connectivity index (χ2n) is 7.15. The molecule has 158 valence electrons. The van der Waals surface area contributed by atoms with Gasteiger partial charge >= 0.3 is 0 Å². The molecule has 31 heavy (non-hydrogen) atoms. The molecule has 0 aliphatic rings. The van der Waals surface area contributed by atoms with Gasteiger partial charge in [-0.2, -0.15) is 0 Å². The third-order valence-electron chi connectivity index (χ3n) is 5.04.